The highest BCUT2D eigenvalue weighted by Crippen LogP contribution is 2.31. The van der Waals surface area contributed by atoms with Crippen molar-refractivity contribution < 1.29 is 9.63 Å². The molecule has 10 heteroatoms. The van der Waals surface area contributed by atoms with Crippen LogP contribution < -0.4 is 16.2 Å². The Bertz CT molecular complexity index is 1560. The van der Waals surface area contributed by atoms with Crippen molar-refractivity contribution in [1.82, 2.24) is 24.3 Å². The lowest BCUT2D eigenvalue weighted by Crippen LogP contribution is -2.32. The minimum Gasteiger partial charge on any atom is -0.324 e. The molecule has 1 amide bonds. The number of piperidine rings is 1. The number of nitrogens with one attached hydrogen (secondary N) is 2. The van der Waals surface area contributed by atoms with Crippen molar-refractivity contribution in [2.45, 2.75) is 52.1 Å². The van der Waals surface area contributed by atoms with Gasteiger partial charge < -0.3 is 9.88 Å². The highest BCUT2D eigenvalue weighted by molar-refractivity contribution is 7.96. The van der Waals surface area contributed by atoms with Gasteiger partial charge in [-0.15, -0.1) is 0 Å². The Balaban J connectivity index is 1.46. The monoisotopic (exact) mass is 572 g/mol. The maximum Gasteiger partial charge on any atom is 0.280 e. The third-order valence-corrected chi connectivity index (χ3v) is 8.23. The number of carbonyl (C=O) groups excluding carboxylic acids is 1. The predicted molar refractivity (Wildman–Crippen MR) is 165 cm³/mol. The van der Waals surface area contributed by atoms with Crippen LogP contribution in [0.3, 0.4) is 0 Å². The van der Waals surface area contributed by atoms with Crippen LogP contribution in [0.15, 0.2) is 65.7 Å². The van der Waals surface area contributed by atoms with Gasteiger partial charge in [0.1, 0.15) is 5.56 Å². The van der Waals surface area contributed by atoms with E-state index in [1.54, 1.807) is 18.4 Å². The second-order valence-corrected chi connectivity index (χ2v) is 11.3. The molecule has 2 aromatic carbocycles. The van der Waals surface area contributed by atoms with E-state index < -0.39 is 11.3 Å². The van der Waals surface area contributed by atoms with Crippen molar-refractivity contribution >= 4 is 40.5 Å². The molecule has 9 nitrogen and oxygen atoms in total. The Morgan fingerprint density at radius 2 is 1.80 bits per heavy atom. The Kier molecular flexibility index (Phi) is 9.02. The highest BCUT2D eigenvalue weighted by atomic mass is 32.2. The number of fused-ring (bicyclic) bond motifs is 1. The fourth-order valence-electron chi connectivity index (χ4n) is 4.99. The summed E-state index contributed by atoms with van der Waals surface area (Å²) in [6, 6.07) is 16.4. The van der Waals surface area contributed by atoms with Crippen molar-refractivity contribution in [2.75, 3.05) is 24.7 Å². The lowest BCUT2D eigenvalue weighted by molar-refractivity contribution is 0.0000943. The summed E-state index contributed by atoms with van der Waals surface area (Å²) in [6.45, 7) is 7.88. The number of hydrogen-bond acceptors (Lipinski definition) is 8. The standard InChI is InChI=1S/C31H36N6O3S/c1-5-21-6-12-25(13-7-21)37-19-27(30(39)35-40-20(2)3)28(38)26-18-32-31(34-29(26)37)33-24-10-8-22(9-11-24)23-14-16-36(41-4)17-15-23/h6-13,18-20,23H,5,14-17H2,1-4H3,(H,35,39)(H,32,33,34). The van der Waals surface area contributed by atoms with Crippen LogP contribution >= 0.6 is 11.9 Å². The minimum atomic E-state index is -0.619. The van der Waals surface area contributed by atoms with Gasteiger partial charge in [0.15, 0.2) is 5.65 Å². The first-order chi connectivity index (χ1) is 19.9. The Morgan fingerprint density at radius 3 is 2.44 bits per heavy atom. The number of rotatable bonds is 9. The lowest BCUT2D eigenvalue weighted by Gasteiger charge is -2.30. The number of hydrogen-bond donors (Lipinski definition) is 2. The molecule has 1 aliphatic heterocycles. The molecule has 4 aromatic rings. The van der Waals surface area contributed by atoms with Gasteiger partial charge in [0.2, 0.25) is 11.4 Å². The van der Waals surface area contributed by atoms with E-state index in [1.165, 1.54) is 23.5 Å². The zero-order valence-electron chi connectivity index (χ0n) is 23.9. The normalized spacial score (nSPS) is 14.5. The van der Waals surface area contributed by atoms with Crippen LogP contribution in [0.25, 0.3) is 16.7 Å². The van der Waals surface area contributed by atoms with E-state index in [1.807, 2.05) is 48.3 Å². The first kappa shape index (κ1) is 28.8. The molecule has 0 saturated carbocycles. The third-order valence-electron chi connectivity index (χ3n) is 7.35. The summed E-state index contributed by atoms with van der Waals surface area (Å²) in [7, 11) is 0. The molecule has 3 heterocycles. The smallest absolute Gasteiger partial charge is 0.280 e. The van der Waals surface area contributed by atoms with Gasteiger partial charge in [-0.05, 0) is 80.7 Å². The molecular weight excluding hydrogens is 536 g/mol. The first-order valence-corrected chi connectivity index (χ1v) is 15.2. The first-order valence-electron chi connectivity index (χ1n) is 14.0. The van der Waals surface area contributed by atoms with Crippen LogP contribution in [-0.2, 0) is 11.3 Å². The Hall–Kier alpha value is -3.73. The average Bonchev–Trinajstić information content (AvgIpc) is 3.00. The van der Waals surface area contributed by atoms with Crippen LogP contribution in [0, 0.1) is 0 Å². The maximum absolute atomic E-state index is 13.4. The van der Waals surface area contributed by atoms with Gasteiger partial charge >= 0.3 is 0 Å². The summed E-state index contributed by atoms with van der Waals surface area (Å²) in [4.78, 5) is 40.6. The molecule has 1 saturated heterocycles. The van der Waals surface area contributed by atoms with Crippen molar-refractivity contribution in [3.05, 3.63) is 87.8 Å². The minimum absolute atomic E-state index is 0.0546. The molecule has 2 aromatic heterocycles. The zero-order valence-corrected chi connectivity index (χ0v) is 24.7. The van der Waals surface area contributed by atoms with E-state index >= 15 is 0 Å². The number of nitrogens with zero attached hydrogens (tertiary/aromatic N) is 4. The van der Waals surface area contributed by atoms with Gasteiger partial charge in [-0.25, -0.2) is 10.5 Å². The molecule has 0 spiro atoms. The van der Waals surface area contributed by atoms with E-state index in [9.17, 15) is 9.59 Å². The number of carbonyl (C=O) groups is 1. The topological polar surface area (TPSA) is 101 Å². The number of anilines is 2. The SMILES string of the molecule is CCc1ccc(-n2cc(C(=O)NOC(C)C)c(=O)c3cnc(Nc4ccc(C5CCN(SC)CC5)cc4)nc32)cc1. The second kappa shape index (κ2) is 12.8. The van der Waals surface area contributed by atoms with Crippen LogP contribution in [0.4, 0.5) is 11.6 Å². The van der Waals surface area contributed by atoms with E-state index in [2.05, 4.69) is 45.4 Å². The molecule has 1 fully saturated rings. The fourth-order valence-corrected chi connectivity index (χ4v) is 5.56. The van der Waals surface area contributed by atoms with E-state index in [0.717, 1.165) is 43.7 Å². The number of pyridine rings is 1. The van der Waals surface area contributed by atoms with Crippen molar-refractivity contribution in [3.63, 3.8) is 0 Å². The Labute approximate surface area is 244 Å². The number of aromatic nitrogens is 3. The summed E-state index contributed by atoms with van der Waals surface area (Å²) in [5.41, 5.74) is 6.40. The summed E-state index contributed by atoms with van der Waals surface area (Å²) >= 11 is 1.82. The fraction of sp³-hybridized carbons (Fsp3) is 0.355. The Morgan fingerprint density at radius 1 is 1.10 bits per heavy atom. The van der Waals surface area contributed by atoms with E-state index in [-0.39, 0.29) is 17.1 Å². The highest BCUT2D eigenvalue weighted by Gasteiger charge is 2.21. The molecule has 5 rings (SSSR count). The van der Waals surface area contributed by atoms with E-state index in [4.69, 9.17) is 9.82 Å². The van der Waals surface area contributed by atoms with Crippen LogP contribution in [-0.4, -0.2) is 50.2 Å². The largest absolute Gasteiger partial charge is 0.324 e. The van der Waals surface area contributed by atoms with Gasteiger partial charge in [-0.1, -0.05) is 43.1 Å². The van der Waals surface area contributed by atoms with Crippen LogP contribution in [0.1, 0.15) is 61.0 Å². The third kappa shape index (κ3) is 6.61. The molecule has 0 atom stereocenters. The van der Waals surface area contributed by atoms with E-state index in [0.29, 0.717) is 17.5 Å². The number of hydroxylamine groups is 1. The molecule has 214 valence electrons. The molecule has 41 heavy (non-hydrogen) atoms. The number of amides is 1. The average molecular weight is 573 g/mol. The number of aryl methyl sites for hydroxylation is 1. The molecule has 1 aliphatic rings. The van der Waals surface area contributed by atoms with Gasteiger partial charge in [0.05, 0.1) is 11.5 Å². The molecule has 2 N–H and O–H groups in total. The quantitative estimate of drug-likeness (QED) is 0.197. The lowest BCUT2D eigenvalue weighted by atomic mass is 9.90. The summed E-state index contributed by atoms with van der Waals surface area (Å²) in [5, 5.41) is 3.52. The summed E-state index contributed by atoms with van der Waals surface area (Å²) < 4.78 is 4.16. The molecule has 0 unspecified atom stereocenters. The van der Waals surface area contributed by atoms with Crippen molar-refractivity contribution in [3.8, 4) is 5.69 Å². The van der Waals surface area contributed by atoms with Crippen molar-refractivity contribution in [2.24, 2.45) is 0 Å². The zero-order chi connectivity index (χ0) is 28.9. The van der Waals surface area contributed by atoms with Gasteiger partial charge in [-0.3, -0.25) is 18.7 Å². The maximum atomic E-state index is 13.4. The van der Waals surface area contributed by atoms with Crippen molar-refractivity contribution in [1.29, 1.82) is 0 Å². The molecule has 0 bridgehead atoms. The van der Waals surface area contributed by atoms with Crippen LogP contribution in [0.5, 0.6) is 0 Å². The predicted octanol–water partition coefficient (Wildman–Crippen LogP) is 5.61. The van der Waals surface area contributed by atoms with Gasteiger partial charge in [-0.2, -0.15) is 4.98 Å². The molecule has 0 radical (unpaired) electrons. The van der Waals surface area contributed by atoms with Crippen LogP contribution in [0.2, 0.25) is 0 Å². The summed E-state index contributed by atoms with van der Waals surface area (Å²) in [5.74, 6) is 0.304. The van der Waals surface area contributed by atoms with Gasteiger partial charge in [0, 0.05) is 36.9 Å². The number of benzene rings is 2. The summed E-state index contributed by atoms with van der Waals surface area (Å²) in [6.07, 6.45) is 8.09. The second-order valence-electron chi connectivity index (χ2n) is 10.4. The molecular formula is C31H36N6O3S. The molecule has 0 aliphatic carbocycles. The van der Waals surface area contributed by atoms with Gasteiger partial charge in [0.25, 0.3) is 5.91 Å².